The molecule has 1 aromatic carbocycles. The summed E-state index contributed by atoms with van der Waals surface area (Å²) in [4.78, 5) is 0. The van der Waals surface area contributed by atoms with Crippen molar-refractivity contribution in [1.29, 1.82) is 0 Å². The topological polar surface area (TPSA) is 63.0 Å². The fraction of sp³-hybridized carbons (Fsp3) is 0.467. The van der Waals surface area contributed by atoms with Crippen LogP contribution in [0.2, 0.25) is 0 Å². The molecule has 0 amide bonds. The number of hydrogen-bond donors (Lipinski definition) is 2. The molecular formula is C15H22N4O. The van der Waals surface area contributed by atoms with E-state index >= 15 is 0 Å². The van der Waals surface area contributed by atoms with Crippen LogP contribution in [0.1, 0.15) is 45.1 Å². The highest BCUT2D eigenvalue weighted by Gasteiger charge is 2.07. The van der Waals surface area contributed by atoms with Crippen LogP contribution in [0.3, 0.4) is 0 Å². The van der Waals surface area contributed by atoms with Crippen LogP contribution in [0.25, 0.3) is 0 Å². The molecule has 1 aromatic heterocycles. The number of nitrogens with one attached hydrogen (secondary N) is 2. The van der Waals surface area contributed by atoms with E-state index < -0.39 is 0 Å². The van der Waals surface area contributed by atoms with E-state index in [4.69, 9.17) is 4.42 Å². The molecule has 20 heavy (non-hydrogen) atoms. The molecule has 2 aromatic rings. The number of anilines is 2. The van der Waals surface area contributed by atoms with Crippen molar-refractivity contribution in [3.63, 3.8) is 0 Å². The smallest absolute Gasteiger partial charge is 0.320 e. The summed E-state index contributed by atoms with van der Waals surface area (Å²) in [6.07, 6.45) is 0. The predicted octanol–water partition coefficient (Wildman–Crippen LogP) is 3.43. The van der Waals surface area contributed by atoms with Gasteiger partial charge in [0, 0.05) is 11.7 Å². The van der Waals surface area contributed by atoms with Gasteiger partial charge in [0.15, 0.2) is 0 Å². The Morgan fingerprint density at radius 2 is 1.75 bits per heavy atom. The second kappa shape index (κ2) is 6.52. The van der Waals surface area contributed by atoms with Crippen LogP contribution in [-0.2, 0) is 6.54 Å². The molecule has 0 radical (unpaired) electrons. The van der Waals surface area contributed by atoms with Crippen LogP contribution >= 0.6 is 0 Å². The van der Waals surface area contributed by atoms with Gasteiger partial charge in [0.05, 0.1) is 6.54 Å². The molecule has 108 valence electrons. The van der Waals surface area contributed by atoms with Crippen molar-refractivity contribution >= 4 is 11.7 Å². The molecule has 5 nitrogen and oxygen atoms in total. The van der Waals surface area contributed by atoms with Crippen molar-refractivity contribution in [1.82, 2.24) is 15.5 Å². The van der Waals surface area contributed by atoms with Gasteiger partial charge in [-0.3, -0.25) is 0 Å². The van der Waals surface area contributed by atoms with E-state index in [-0.39, 0.29) is 0 Å². The highest BCUT2D eigenvalue weighted by molar-refractivity contribution is 5.52. The summed E-state index contributed by atoms with van der Waals surface area (Å²) < 4.78 is 5.52. The number of nitrogens with zero attached hydrogens (tertiary/aromatic N) is 2. The predicted molar refractivity (Wildman–Crippen MR) is 80.1 cm³/mol. The third-order valence-electron chi connectivity index (χ3n) is 2.96. The summed E-state index contributed by atoms with van der Waals surface area (Å²) in [5.74, 6) is 1.11. The number of aromatic nitrogens is 2. The molecule has 0 aliphatic carbocycles. The minimum absolute atomic E-state index is 0.391. The van der Waals surface area contributed by atoms with Crippen molar-refractivity contribution < 1.29 is 4.42 Å². The molecule has 0 saturated carbocycles. The molecule has 2 rings (SSSR count). The molecule has 1 heterocycles. The van der Waals surface area contributed by atoms with Crippen molar-refractivity contribution in [3.8, 4) is 0 Å². The second-order valence-electron chi connectivity index (χ2n) is 5.44. The van der Waals surface area contributed by atoms with E-state index in [1.807, 2.05) is 12.1 Å². The minimum atomic E-state index is 0.391. The monoisotopic (exact) mass is 274 g/mol. The molecule has 0 saturated heterocycles. The summed E-state index contributed by atoms with van der Waals surface area (Å²) in [6, 6.07) is 9.05. The van der Waals surface area contributed by atoms with Gasteiger partial charge in [-0.2, -0.15) is 0 Å². The van der Waals surface area contributed by atoms with Gasteiger partial charge in [-0.1, -0.05) is 44.9 Å². The third-order valence-corrected chi connectivity index (χ3v) is 2.96. The zero-order valence-electron chi connectivity index (χ0n) is 12.5. The van der Waals surface area contributed by atoms with E-state index in [0.717, 1.165) is 5.69 Å². The lowest BCUT2D eigenvalue weighted by Gasteiger charge is -2.06. The molecule has 0 bridgehead atoms. The van der Waals surface area contributed by atoms with Gasteiger partial charge < -0.3 is 15.1 Å². The second-order valence-corrected chi connectivity index (χ2v) is 5.44. The van der Waals surface area contributed by atoms with Crippen molar-refractivity contribution in [2.24, 2.45) is 0 Å². The molecule has 2 N–H and O–H groups in total. The summed E-state index contributed by atoms with van der Waals surface area (Å²) in [6.45, 7) is 9.08. The highest BCUT2D eigenvalue weighted by Crippen LogP contribution is 2.19. The Morgan fingerprint density at radius 3 is 2.35 bits per heavy atom. The fourth-order valence-corrected chi connectivity index (χ4v) is 1.74. The lowest BCUT2D eigenvalue weighted by atomic mass is 10.0. The van der Waals surface area contributed by atoms with E-state index in [1.54, 1.807) is 0 Å². The van der Waals surface area contributed by atoms with Gasteiger partial charge in [-0.25, -0.2) is 0 Å². The van der Waals surface area contributed by atoms with Gasteiger partial charge in [0.2, 0.25) is 5.89 Å². The zero-order valence-corrected chi connectivity index (χ0v) is 12.5. The third kappa shape index (κ3) is 4.06. The van der Waals surface area contributed by atoms with Crippen LogP contribution in [0.15, 0.2) is 28.7 Å². The average Bonchev–Trinajstić information content (AvgIpc) is 2.84. The largest absolute Gasteiger partial charge is 0.406 e. The van der Waals surface area contributed by atoms with Crippen LogP contribution in [0.4, 0.5) is 11.7 Å². The van der Waals surface area contributed by atoms with Crippen molar-refractivity contribution in [2.75, 3.05) is 5.32 Å². The number of benzene rings is 1. The maximum atomic E-state index is 5.52. The lowest BCUT2D eigenvalue weighted by molar-refractivity contribution is 0.460. The molecule has 0 fully saturated rings. The van der Waals surface area contributed by atoms with Gasteiger partial charge in [-0.15, -0.1) is 5.10 Å². The van der Waals surface area contributed by atoms with Crippen molar-refractivity contribution in [3.05, 3.63) is 35.7 Å². The highest BCUT2D eigenvalue weighted by atomic mass is 16.4. The first-order chi connectivity index (χ1) is 9.54. The van der Waals surface area contributed by atoms with E-state index in [2.05, 4.69) is 60.7 Å². The van der Waals surface area contributed by atoms with Crippen LogP contribution in [0, 0.1) is 0 Å². The zero-order chi connectivity index (χ0) is 14.5. The summed E-state index contributed by atoms with van der Waals surface area (Å²) in [5, 5.41) is 14.3. The molecule has 0 aliphatic heterocycles. The van der Waals surface area contributed by atoms with E-state index in [9.17, 15) is 0 Å². The van der Waals surface area contributed by atoms with Crippen LogP contribution in [-0.4, -0.2) is 16.2 Å². The first-order valence-electron chi connectivity index (χ1n) is 6.97. The Bertz CT molecular complexity index is 531. The van der Waals surface area contributed by atoms with Gasteiger partial charge in [0.1, 0.15) is 0 Å². The lowest BCUT2D eigenvalue weighted by Crippen LogP contribution is -2.21. The summed E-state index contributed by atoms with van der Waals surface area (Å²) >= 11 is 0. The Labute approximate surface area is 119 Å². The van der Waals surface area contributed by atoms with Gasteiger partial charge >= 0.3 is 6.01 Å². The normalized spacial score (nSPS) is 11.3. The summed E-state index contributed by atoms with van der Waals surface area (Å²) in [5.41, 5.74) is 2.25. The Morgan fingerprint density at radius 1 is 1.05 bits per heavy atom. The van der Waals surface area contributed by atoms with E-state index in [1.165, 1.54) is 5.56 Å². The average molecular weight is 274 g/mol. The number of hydrogen-bond acceptors (Lipinski definition) is 5. The molecule has 0 spiro atoms. The van der Waals surface area contributed by atoms with Gasteiger partial charge in [-0.05, 0) is 23.6 Å². The Hall–Kier alpha value is -1.88. The quantitative estimate of drug-likeness (QED) is 0.845. The maximum absolute atomic E-state index is 5.52. The van der Waals surface area contributed by atoms with Gasteiger partial charge in [0.25, 0.3) is 0 Å². The van der Waals surface area contributed by atoms with E-state index in [0.29, 0.717) is 30.4 Å². The Kier molecular flexibility index (Phi) is 4.74. The SMILES string of the molecule is CC(C)NCc1nnc(Nc2ccc(C(C)C)cc2)o1. The Balaban J connectivity index is 1.96. The minimum Gasteiger partial charge on any atom is -0.406 e. The number of rotatable bonds is 6. The first-order valence-corrected chi connectivity index (χ1v) is 6.97. The molecular weight excluding hydrogens is 252 g/mol. The summed E-state index contributed by atoms with van der Waals surface area (Å²) in [7, 11) is 0. The van der Waals surface area contributed by atoms with Crippen LogP contribution in [0.5, 0.6) is 0 Å². The van der Waals surface area contributed by atoms with Crippen molar-refractivity contribution in [2.45, 2.75) is 46.2 Å². The maximum Gasteiger partial charge on any atom is 0.320 e. The molecule has 0 unspecified atom stereocenters. The molecule has 5 heteroatoms. The fourth-order valence-electron chi connectivity index (χ4n) is 1.74. The molecule has 0 atom stereocenters. The molecule has 0 aliphatic rings. The first kappa shape index (κ1) is 14.5. The standard InChI is InChI=1S/C15H22N4O/c1-10(2)12-5-7-13(8-6-12)17-15-19-18-14(20-15)9-16-11(3)4/h5-8,10-11,16H,9H2,1-4H3,(H,17,19). The van der Waals surface area contributed by atoms with Crippen LogP contribution < -0.4 is 10.6 Å².